The standard InChI is InChI=1S/C13H17N3O2/c1-10-4-5-12(18-10)11-8-14-13(15-9-11)16(2)6-3-7-17/h4-5,8-9,17H,3,6-7H2,1-2H3. The van der Waals surface area contributed by atoms with Gasteiger partial charge in [0.15, 0.2) is 0 Å². The van der Waals surface area contributed by atoms with Crippen molar-refractivity contribution in [1.82, 2.24) is 9.97 Å². The zero-order chi connectivity index (χ0) is 13.0. The van der Waals surface area contributed by atoms with Crippen molar-refractivity contribution < 1.29 is 9.52 Å². The van der Waals surface area contributed by atoms with Gasteiger partial charge in [-0.2, -0.15) is 0 Å². The molecule has 0 aliphatic heterocycles. The van der Waals surface area contributed by atoms with Crippen LogP contribution in [0.3, 0.4) is 0 Å². The van der Waals surface area contributed by atoms with E-state index in [1.807, 2.05) is 31.0 Å². The topological polar surface area (TPSA) is 62.4 Å². The minimum absolute atomic E-state index is 0.175. The highest BCUT2D eigenvalue weighted by atomic mass is 16.3. The molecule has 0 aliphatic carbocycles. The van der Waals surface area contributed by atoms with Gasteiger partial charge in [0, 0.05) is 32.6 Å². The Kier molecular flexibility index (Phi) is 3.94. The summed E-state index contributed by atoms with van der Waals surface area (Å²) in [5.41, 5.74) is 0.863. The molecule has 0 radical (unpaired) electrons. The largest absolute Gasteiger partial charge is 0.461 e. The van der Waals surface area contributed by atoms with Crippen LogP contribution in [0.4, 0.5) is 5.95 Å². The second-order valence-corrected chi connectivity index (χ2v) is 4.18. The summed E-state index contributed by atoms with van der Waals surface area (Å²) in [6.07, 6.45) is 4.20. The Morgan fingerprint density at radius 2 is 2.00 bits per heavy atom. The van der Waals surface area contributed by atoms with E-state index in [4.69, 9.17) is 9.52 Å². The van der Waals surface area contributed by atoms with Gasteiger partial charge in [-0.3, -0.25) is 0 Å². The summed E-state index contributed by atoms with van der Waals surface area (Å²) >= 11 is 0. The second-order valence-electron chi connectivity index (χ2n) is 4.18. The Balaban J connectivity index is 2.10. The molecule has 0 aromatic carbocycles. The van der Waals surface area contributed by atoms with Crippen LogP contribution < -0.4 is 4.90 Å². The zero-order valence-electron chi connectivity index (χ0n) is 10.6. The van der Waals surface area contributed by atoms with Crippen LogP contribution in [0.15, 0.2) is 28.9 Å². The number of aryl methyl sites for hydroxylation is 1. The lowest BCUT2D eigenvalue weighted by Gasteiger charge is -2.15. The van der Waals surface area contributed by atoms with Crippen LogP contribution in [0.25, 0.3) is 11.3 Å². The van der Waals surface area contributed by atoms with E-state index in [2.05, 4.69) is 9.97 Å². The number of anilines is 1. The van der Waals surface area contributed by atoms with Crippen molar-refractivity contribution in [2.45, 2.75) is 13.3 Å². The molecular formula is C13H17N3O2. The zero-order valence-corrected chi connectivity index (χ0v) is 10.6. The van der Waals surface area contributed by atoms with Gasteiger partial charge in [-0.1, -0.05) is 0 Å². The van der Waals surface area contributed by atoms with Gasteiger partial charge in [0.2, 0.25) is 5.95 Å². The van der Waals surface area contributed by atoms with E-state index in [1.54, 1.807) is 12.4 Å². The summed E-state index contributed by atoms with van der Waals surface area (Å²) < 4.78 is 5.51. The summed E-state index contributed by atoms with van der Waals surface area (Å²) in [4.78, 5) is 10.5. The van der Waals surface area contributed by atoms with Crippen molar-refractivity contribution in [1.29, 1.82) is 0 Å². The average Bonchev–Trinajstić information content (AvgIpc) is 2.83. The van der Waals surface area contributed by atoms with E-state index in [9.17, 15) is 0 Å². The SMILES string of the molecule is Cc1ccc(-c2cnc(N(C)CCCO)nc2)o1. The van der Waals surface area contributed by atoms with E-state index in [0.29, 0.717) is 12.4 Å². The summed E-state index contributed by atoms with van der Waals surface area (Å²) in [6.45, 7) is 2.81. The maximum absolute atomic E-state index is 8.78. The number of nitrogens with zero attached hydrogens (tertiary/aromatic N) is 3. The number of hydrogen-bond donors (Lipinski definition) is 1. The highest BCUT2D eigenvalue weighted by molar-refractivity contribution is 5.55. The van der Waals surface area contributed by atoms with Gasteiger partial charge in [0.05, 0.1) is 5.56 Å². The molecule has 2 aromatic heterocycles. The molecule has 5 nitrogen and oxygen atoms in total. The van der Waals surface area contributed by atoms with Gasteiger partial charge >= 0.3 is 0 Å². The predicted molar refractivity (Wildman–Crippen MR) is 69.4 cm³/mol. The molecule has 0 spiro atoms. The van der Waals surface area contributed by atoms with Gasteiger partial charge in [0.25, 0.3) is 0 Å². The van der Waals surface area contributed by atoms with E-state index in [1.165, 1.54) is 0 Å². The molecule has 96 valence electrons. The summed E-state index contributed by atoms with van der Waals surface area (Å²) in [5, 5.41) is 8.78. The predicted octanol–water partition coefficient (Wildman–Crippen LogP) is 1.86. The minimum atomic E-state index is 0.175. The smallest absolute Gasteiger partial charge is 0.225 e. The lowest BCUT2D eigenvalue weighted by atomic mass is 10.3. The molecule has 0 bridgehead atoms. The van der Waals surface area contributed by atoms with E-state index in [0.717, 1.165) is 23.6 Å². The number of rotatable bonds is 5. The van der Waals surface area contributed by atoms with E-state index in [-0.39, 0.29) is 6.61 Å². The fraction of sp³-hybridized carbons (Fsp3) is 0.385. The van der Waals surface area contributed by atoms with Crippen LogP contribution in [0.1, 0.15) is 12.2 Å². The number of aliphatic hydroxyl groups excluding tert-OH is 1. The van der Waals surface area contributed by atoms with Crippen LogP contribution in [0, 0.1) is 6.92 Å². The molecule has 0 amide bonds. The average molecular weight is 247 g/mol. The quantitative estimate of drug-likeness (QED) is 0.873. The van der Waals surface area contributed by atoms with Gasteiger partial charge in [-0.05, 0) is 25.5 Å². The second kappa shape index (κ2) is 5.64. The Hall–Kier alpha value is -1.88. The lowest BCUT2D eigenvalue weighted by Crippen LogP contribution is -2.21. The molecule has 18 heavy (non-hydrogen) atoms. The highest BCUT2D eigenvalue weighted by Crippen LogP contribution is 2.21. The fourth-order valence-corrected chi connectivity index (χ4v) is 1.64. The molecule has 2 aromatic rings. The molecule has 2 rings (SSSR count). The van der Waals surface area contributed by atoms with Crippen LogP contribution in [-0.4, -0.2) is 35.3 Å². The van der Waals surface area contributed by atoms with Crippen molar-refractivity contribution in [2.24, 2.45) is 0 Å². The first kappa shape index (κ1) is 12.6. The van der Waals surface area contributed by atoms with Crippen LogP contribution in [-0.2, 0) is 0 Å². The number of aliphatic hydroxyl groups is 1. The lowest BCUT2D eigenvalue weighted by molar-refractivity contribution is 0.290. The molecule has 0 saturated heterocycles. The number of hydrogen-bond acceptors (Lipinski definition) is 5. The van der Waals surface area contributed by atoms with Gasteiger partial charge in [-0.25, -0.2) is 9.97 Å². The maximum Gasteiger partial charge on any atom is 0.225 e. The molecular weight excluding hydrogens is 230 g/mol. The van der Waals surface area contributed by atoms with Crippen molar-refractivity contribution in [3.8, 4) is 11.3 Å². The molecule has 0 saturated carbocycles. The Labute approximate surface area is 106 Å². The van der Waals surface area contributed by atoms with Crippen molar-refractivity contribution in [3.63, 3.8) is 0 Å². The highest BCUT2D eigenvalue weighted by Gasteiger charge is 2.07. The Morgan fingerprint density at radius 3 is 2.56 bits per heavy atom. The van der Waals surface area contributed by atoms with Crippen LogP contribution >= 0.6 is 0 Å². The molecule has 5 heteroatoms. The van der Waals surface area contributed by atoms with Gasteiger partial charge < -0.3 is 14.4 Å². The first-order valence-corrected chi connectivity index (χ1v) is 5.91. The fourth-order valence-electron chi connectivity index (χ4n) is 1.64. The van der Waals surface area contributed by atoms with Crippen molar-refractivity contribution in [3.05, 3.63) is 30.3 Å². The van der Waals surface area contributed by atoms with Crippen molar-refractivity contribution >= 4 is 5.95 Å². The Morgan fingerprint density at radius 1 is 1.28 bits per heavy atom. The molecule has 0 unspecified atom stereocenters. The van der Waals surface area contributed by atoms with Crippen molar-refractivity contribution in [2.75, 3.05) is 25.1 Å². The summed E-state index contributed by atoms with van der Waals surface area (Å²) in [7, 11) is 1.90. The maximum atomic E-state index is 8.78. The molecule has 0 atom stereocenters. The molecule has 1 N–H and O–H groups in total. The molecule has 0 fully saturated rings. The Bertz CT molecular complexity index is 493. The monoisotopic (exact) mass is 247 g/mol. The number of aromatic nitrogens is 2. The third-order valence-corrected chi connectivity index (χ3v) is 2.66. The summed E-state index contributed by atoms with van der Waals surface area (Å²) in [6, 6.07) is 3.82. The van der Waals surface area contributed by atoms with Crippen LogP contribution in [0.2, 0.25) is 0 Å². The number of furan rings is 1. The van der Waals surface area contributed by atoms with Gasteiger partial charge in [-0.15, -0.1) is 0 Å². The van der Waals surface area contributed by atoms with Crippen LogP contribution in [0.5, 0.6) is 0 Å². The first-order valence-electron chi connectivity index (χ1n) is 5.91. The van der Waals surface area contributed by atoms with Gasteiger partial charge in [0.1, 0.15) is 11.5 Å². The third-order valence-electron chi connectivity index (χ3n) is 2.66. The molecule has 0 aliphatic rings. The summed E-state index contributed by atoms with van der Waals surface area (Å²) in [5.74, 6) is 2.29. The first-order chi connectivity index (χ1) is 8.70. The third kappa shape index (κ3) is 2.87. The minimum Gasteiger partial charge on any atom is -0.461 e. The van der Waals surface area contributed by atoms with E-state index < -0.39 is 0 Å². The van der Waals surface area contributed by atoms with E-state index >= 15 is 0 Å². The molecule has 2 heterocycles. The normalized spacial score (nSPS) is 10.6.